The monoisotopic (exact) mass is 285 g/mol. The minimum Gasteiger partial charge on any atom is -0.444 e. The predicted octanol–water partition coefficient (Wildman–Crippen LogP) is 3.55. The Morgan fingerprint density at radius 1 is 1.05 bits per heavy atom. The van der Waals surface area contributed by atoms with E-state index < -0.39 is 11.7 Å². The number of Topliss-reactive ketones (excluding diaryl/α,β-unsaturated/α-hetero) is 1. The number of carbonyl (C=O) groups is 2. The molecule has 0 bridgehead atoms. The Bertz CT molecular complexity index is 666. The van der Waals surface area contributed by atoms with Gasteiger partial charge in [-0.15, -0.1) is 0 Å². The number of ketones is 1. The van der Waals surface area contributed by atoms with Crippen LogP contribution >= 0.6 is 0 Å². The van der Waals surface area contributed by atoms with E-state index in [0.29, 0.717) is 5.56 Å². The Labute approximate surface area is 124 Å². The number of ether oxygens (including phenoxy) is 1. The molecule has 110 valence electrons. The number of rotatable bonds is 3. The van der Waals surface area contributed by atoms with Crippen molar-refractivity contribution in [1.82, 2.24) is 5.32 Å². The third-order valence-electron chi connectivity index (χ3n) is 2.88. The second-order valence-corrected chi connectivity index (χ2v) is 5.81. The van der Waals surface area contributed by atoms with Crippen LogP contribution in [0.3, 0.4) is 0 Å². The maximum atomic E-state index is 12.3. The highest BCUT2D eigenvalue weighted by Gasteiger charge is 2.17. The first-order valence-corrected chi connectivity index (χ1v) is 6.84. The molecule has 0 heterocycles. The molecule has 1 N–H and O–H groups in total. The Hall–Kier alpha value is -2.36. The zero-order chi connectivity index (χ0) is 15.5. The van der Waals surface area contributed by atoms with E-state index in [4.69, 9.17) is 4.74 Å². The molecule has 0 aliphatic heterocycles. The van der Waals surface area contributed by atoms with Crippen molar-refractivity contribution < 1.29 is 14.3 Å². The average Bonchev–Trinajstić information content (AvgIpc) is 2.42. The van der Waals surface area contributed by atoms with Crippen LogP contribution in [-0.2, 0) is 4.74 Å². The molecule has 0 fully saturated rings. The van der Waals surface area contributed by atoms with Crippen LogP contribution in [0.1, 0.15) is 31.1 Å². The van der Waals surface area contributed by atoms with Crippen LogP contribution in [0.2, 0.25) is 0 Å². The van der Waals surface area contributed by atoms with Gasteiger partial charge in [-0.1, -0.05) is 42.5 Å². The number of hydrogen-bond acceptors (Lipinski definition) is 3. The normalized spacial score (nSPS) is 11.2. The van der Waals surface area contributed by atoms with Crippen molar-refractivity contribution in [1.29, 1.82) is 0 Å². The molecule has 0 unspecified atom stereocenters. The number of hydrogen-bond donors (Lipinski definition) is 1. The highest BCUT2D eigenvalue weighted by atomic mass is 16.6. The van der Waals surface area contributed by atoms with Crippen molar-refractivity contribution >= 4 is 22.6 Å². The van der Waals surface area contributed by atoms with Crippen LogP contribution < -0.4 is 5.32 Å². The second-order valence-electron chi connectivity index (χ2n) is 5.81. The van der Waals surface area contributed by atoms with Gasteiger partial charge in [-0.05, 0) is 31.5 Å². The van der Waals surface area contributed by atoms with Crippen molar-refractivity contribution in [2.45, 2.75) is 26.4 Å². The molecule has 0 radical (unpaired) electrons. The smallest absolute Gasteiger partial charge is 0.408 e. The molecule has 0 saturated carbocycles. The molecule has 0 atom stereocenters. The van der Waals surface area contributed by atoms with Crippen molar-refractivity contribution in [2.24, 2.45) is 0 Å². The molecule has 0 saturated heterocycles. The van der Waals surface area contributed by atoms with E-state index in [1.54, 1.807) is 26.8 Å². The summed E-state index contributed by atoms with van der Waals surface area (Å²) in [4.78, 5) is 23.8. The quantitative estimate of drug-likeness (QED) is 0.877. The molecule has 21 heavy (non-hydrogen) atoms. The standard InChI is InChI=1S/C17H19NO3/c1-17(2,3)21-16(20)18-11-15(19)14-10-6-8-12-7-4-5-9-13(12)14/h4-10H,11H2,1-3H3,(H,18,20). The summed E-state index contributed by atoms with van der Waals surface area (Å²) in [7, 11) is 0. The molecule has 4 nitrogen and oxygen atoms in total. The Balaban J connectivity index is 2.08. The summed E-state index contributed by atoms with van der Waals surface area (Å²) < 4.78 is 5.11. The summed E-state index contributed by atoms with van der Waals surface area (Å²) in [6.07, 6.45) is -0.587. The average molecular weight is 285 g/mol. The summed E-state index contributed by atoms with van der Waals surface area (Å²) >= 11 is 0. The molecule has 0 aromatic heterocycles. The number of amides is 1. The molecule has 4 heteroatoms. The number of nitrogens with one attached hydrogen (secondary N) is 1. The van der Waals surface area contributed by atoms with Gasteiger partial charge in [0.05, 0.1) is 6.54 Å². The van der Waals surface area contributed by atoms with Crippen LogP contribution in [0.25, 0.3) is 10.8 Å². The maximum Gasteiger partial charge on any atom is 0.408 e. The van der Waals surface area contributed by atoms with Crippen LogP contribution in [0.15, 0.2) is 42.5 Å². The lowest BCUT2D eigenvalue weighted by Gasteiger charge is -2.19. The van der Waals surface area contributed by atoms with Crippen LogP contribution in [0, 0.1) is 0 Å². The first-order chi connectivity index (χ1) is 9.87. The lowest BCUT2D eigenvalue weighted by Crippen LogP contribution is -2.35. The molecular weight excluding hydrogens is 266 g/mol. The van der Waals surface area contributed by atoms with Gasteiger partial charge in [0.25, 0.3) is 0 Å². The van der Waals surface area contributed by atoms with E-state index in [0.717, 1.165) is 10.8 Å². The topological polar surface area (TPSA) is 55.4 Å². The van der Waals surface area contributed by atoms with Crippen LogP contribution in [0.5, 0.6) is 0 Å². The minimum atomic E-state index is -0.587. The molecule has 2 rings (SSSR count). The van der Waals surface area contributed by atoms with E-state index in [2.05, 4.69) is 5.32 Å². The van der Waals surface area contributed by atoms with Crippen molar-refractivity contribution in [3.63, 3.8) is 0 Å². The van der Waals surface area contributed by atoms with Gasteiger partial charge in [-0.2, -0.15) is 0 Å². The SMILES string of the molecule is CC(C)(C)OC(=O)NCC(=O)c1cccc2ccccc12. The molecule has 0 spiro atoms. The lowest BCUT2D eigenvalue weighted by atomic mass is 10.0. The zero-order valence-electron chi connectivity index (χ0n) is 12.5. The molecular formula is C17H19NO3. The molecule has 2 aromatic rings. The molecule has 1 amide bonds. The fourth-order valence-corrected chi connectivity index (χ4v) is 2.03. The van der Waals surface area contributed by atoms with Gasteiger partial charge >= 0.3 is 6.09 Å². The predicted molar refractivity (Wildman–Crippen MR) is 82.5 cm³/mol. The summed E-state index contributed by atoms with van der Waals surface area (Å²) in [5, 5.41) is 4.38. The van der Waals surface area contributed by atoms with Gasteiger partial charge in [-0.3, -0.25) is 4.79 Å². The summed E-state index contributed by atoms with van der Waals surface area (Å²) in [5.74, 6) is -0.141. The minimum absolute atomic E-state index is 0.0804. The second kappa shape index (κ2) is 5.95. The van der Waals surface area contributed by atoms with Gasteiger partial charge in [0, 0.05) is 5.56 Å². The third-order valence-corrected chi connectivity index (χ3v) is 2.88. The summed E-state index contributed by atoms with van der Waals surface area (Å²) in [6, 6.07) is 13.2. The number of carbonyl (C=O) groups excluding carboxylic acids is 2. The Morgan fingerprint density at radius 2 is 1.71 bits per heavy atom. The zero-order valence-corrected chi connectivity index (χ0v) is 12.5. The van der Waals surface area contributed by atoms with Crippen LogP contribution in [-0.4, -0.2) is 24.0 Å². The van der Waals surface area contributed by atoms with Gasteiger partial charge in [0.1, 0.15) is 5.60 Å². The van der Waals surface area contributed by atoms with Crippen molar-refractivity contribution in [3.05, 3.63) is 48.0 Å². The largest absolute Gasteiger partial charge is 0.444 e. The maximum absolute atomic E-state index is 12.3. The van der Waals surface area contributed by atoms with Gasteiger partial charge < -0.3 is 10.1 Å². The van der Waals surface area contributed by atoms with Crippen molar-refractivity contribution in [2.75, 3.05) is 6.54 Å². The highest BCUT2D eigenvalue weighted by molar-refractivity contribution is 6.09. The van der Waals surface area contributed by atoms with Gasteiger partial charge in [0.2, 0.25) is 0 Å². The van der Waals surface area contributed by atoms with E-state index in [1.807, 2.05) is 36.4 Å². The number of fused-ring (bicyclic) bond motifs is 1. The van der Waals surface area contributed by atoms with E-state index in [1.165, 1.54) is 0 Å². The summed E-state index contributed by atoms with van der Waals surface area (Å²) in [6.45, 7) is 5.25. The van der Waals surface area contributed by atoms with E-state index >= 15 is 0 Å². The van der Waals surface area contributed by atoms with Gasteiger partial charge in [0.15, 0.2) is 5.78 Å². The number of alkyl carbamates (subject to hydrolysis) is 1. The highest BCUT2D eigenvalue weighted by Crippen LogP contribution is 2.18. The third kappa shape index (κ3) is 4.05. The molecule has 0 aliphatic carbocycles. The van der Waals surface area contributed by atoms with E-state index in [-0.39, 0.29) is 12.3 Å². The fourth-order valence-electron chi connectivity index (χ4n) is 2.03. The first-order valence-electron chi connectivity index (χ1n) is 6.84. The Kier molecular flexibility index (Phi) is 4.26. The van der Waals surface area contributed by atoms with Gasteiger partial charge in [-0.25, -0.2) is 4.79 Å². The Morgan fingerprint density at radius 3 is 2.43 bits per heavy atom. The lowest BCUT2D eigenvalue weighted by molar-refractivity contribution is 0.0520. The first kappa shape index (κ1) is 15.0. The van der Waals surface area contributed by atoms with Crippen molar-refractivity contribution in [3.8, 4) is 0 Å². The fraction of sp³-hybridized carbons (Fsp3) is 0.294. The number of benzene rings is 2. The van der Waals surface area contributed by atoms with E-state index in [9.17, 15) is 9.59 Å². The molecule has 0 aliphatic rings. The summed E-state index contributed by atoms with van der Waals surface area (Å²) in [5.41, 5.74) is 0.0243. The molecule has 2 aromatic carbocycles. The van der Waals surface area contributed by atoms with Crippen LogP contribution in [0.4, 0.5) is 4.79 Å².